The molecule has 0 saturated heterocycles. The van der Waals surface area contributed by atoms with Gasteiger partial charge >= 0.3 is 0 Å². The zero-order valence-electron chi connectivity index (χ0n) is 12.1. The molecule has 5 heteroatoms. The summed E-state index contributed by atoms with van der Waals surface area (Å²) < 4.78 is 7.41. The fraction of sp³-hybridized carbons (Fsp3) is 0.176. The van der Waals surface area contributed by atoms with Gasteiger partial charge in [0.15, 0.2) is 0 Å². The van der Waals surface area contributed by atoms with Crippen LogP contribution >= 0.6 is 27.3 Å². The molecule has 0 aliphatic carbocycles. The van der Waals surface area contributed by atoms with Gasteiger partial charge in [-0.3, -0.25) is 0 Å². The molecule has 3 nitrogen and oxygen atoms in total. The van der Waals surface area contributed by atoms with Crippen molar-refractivity contribution >= 4 is 37.4 Å². The Kier molecular flexibility index (Phi) is 4.66. The van der Waals surface area contributed by atoms with Gasteiger partial charge in [-0.1, -0.05) is 15.9 Å². The molecule has 0 radical (unpaired) electrons. The maximum Gasteiger partial charge on any atom is 0.124 e. The van der Waals surface area contributed by atoms with Crippen LogP contribution in [0.15, 0.2) is 46.3 Å². The summed E-state index contributed by atoms with van der Waals surface area (Å²) in [7, 11) is 1.67. The molecular formula is C17H16BrNO2S. The van der Waals surface area contributed by atoms with Gasteiger partial charge in [0, 0.05) is 27.6 Å². The first-order valence-corrected chi connectivity index (χ1v) is 8.57. The molecule has 0 amide bonds. The monoisotopic (exact) mass is 377 g/mol. The molecule has 1 aromatic heterocycles. The Bertz CT molecular complexity index is 800. The van der Waals surface area contributed by atoms with E-state index in [2.05, 4.69) is 27.3 Å². The van der Waals surface area contributed by atoms with Gasteiger partial charge in [-0.05, 0) is 52.9 Å². The SMILES string of the molecule is COc1ccc(Br)c(CNCc2cc(O)c3ccsc3c2)c1. The largest absolute Gasteiger partial charge is 0.507 e. The third kappa shape index (κ3) is 3.27. The minimum absolute atomic E-state index is 0.345. The lowest BCUT2D eigenvalue weighted by atomic mass is 10.1. The van der Waals surface area contributed by atoms with E-state index >= 15 is 0 Å². The highest BCUT2D eigenvalue weighted by atomic mass is 79.9. The number of methoxy groups -OCH3 is 1. The lowest BCUT2D eigenvalue weighted by Gasteiger charge is -2.09. The average Bonchev–Trinajstić information content (AvgIpc) is 2.98. The molecule has 3 aromatic rings. The van der Waals surface area contributed by atoms with Crippen molar-refractivity contribution in [2.45, 2.75) is 13.1 Å². The van der Waals surface area contributed by atoms with Crippen LogP contribution in [0.3, 0.4) is 0 Å². The molecule has 0 aliphatic heterocycles. The van der Waals surface area contributed by atoms with Crippen LogP contribution in [-0.2, 0) is 13.1 Å². The van der Waals surface area contributed by atoms with Gasteiger partial charge in [-0.15, -0.1) is 11.3 Å². The van der Waals surface area contributed by atoms with Crippen molar-refractivity contribution in [2.24, 2.45) is 0 Å². The first-order valence-electron chi connectivity index (χ1n) is 6.89. The second kappa shape index (κ2) is 6.69. The molecule has 22 heavy (non-hydrogen) atoms. The van der Waals surface area contributed by atoms with Crippen LogP contribution in [0, 0.1) is 0 Å². The Balaban J connectivity index is 1.69. The molecule has 0 fully saturated rings. The van der Waals surface area contributed by atoms with Gasteiger partial charge in [-0.2, -0.15) is 0 Å². The third-order valence-electron chi connectivity index (χ3n) is 3.51. The van der Waals surface area contributed by atoms with Crippen LogP contribution in [-0.4, -0.2) is 12.2 Å². The summed E-state index contributed by atoms with van der Waals surface area (Å²) in [5.74, 6) is 1.19. The average molecular weight is 378 g/mol. The fourth-order valence-corrected chi connectivity index (χ4v) is 3.62. The standard InChI is InChI=1S/C17H16BrNO2S/c1-21-13-2-3-15(18)12(8-13)10-19-9-11-6-16(20)14-4-5-22-17(14)7-11/h2-8,19-20H,9-10H2,1H3. The highest BCUT2D eigenvalue weighted by Gasteiger charge is 2.05. The quantitative estimate of drug-likeness (QED) is 0.678. The number of halogens is 1. The number of phenols is 1. The topological polar surface area (TPSA) is 41.5 Å². The molecule has 0 bridgehead atoms. The molecule has 114 valence electrons. The Morgan fingerprint density at radius 1 is 1.18 bits per heavy atom. The summed E-state index contributed by atoms with van der Waals surface area (Å²) in [6.45, 7) is 1.42. The number of aromatic hydroxyl groups is 1. The first-order chi connectivity index (χ1) is 10.7. The van der Waals surface area contributed by atoms with Crippen molar-refractivity contribution in [1.82, 2.24) is 5.32 Å². The number of fused-ring (bicyclic) bond motifs is 1. The van der Waals surface area contributed by atoms with E-state index in [1.165, 1.54) is 0 Å². The molecule has 2 N–H and O–H groups in total. The number of benzene rings is 2. The van der Waals surface area contributed by atoms with Gasteiger partial charge in [0.1, 0.15) is 11.5 Å². The van der Waals surface area contributed by atoms with Crippen molar-refractivity contribution in [1.29, 1.82) is 0 Å². The molecule has 3 rings (SSSR count). The molecule has 0 spiro atoms. The zero-order valence-corrected chi connectivity index (χ0v) is 14.5. The van der Waals surface area contributed by atoms with Crippen LogP contribution in [0.25, 0.3) is 10.1 Å². The Morgan fingerprint density at radius 2 is 2.05 bits per heavy atom. The minimum Gasteiger partial charge on any atom is -0.507 e. The minimum atomic E-state index is 0.345. The molecule has 2 aromatic carbocycles. The molecule has 1 heterocycles. The first kappa shape index (κ1) is 15.3. The van der Waals surface area contributed by atoms with Crippen molar-refractivity contribution in [3.63, 3.8) is 0 Å². The number of nitrogens with one attached hydrogen (secondary N) is 1. The van der Waals surface area contributed by atoms with Crippen molar-refractivity contribution < 1.29 is 9.84 Å². The summed E-state index contributed by atoms with van der Waals surface area (Å²) in [4.78, 5) is 0. The number of hydrogen-bond donors (Lipinski definition) is 2. The lowest BCUT2D eigenvalue weighted by molar-refractivity contribution is 0.414. The Hall–Kier alpha value is -1.56. The van der Waals surface area contributed by atoms with Crippen molar-refractivity contribution in [2.75, 3.05) is 7.11 Å². The molecule has 0 saturated carbocycles. The second-order valence-electron chi connectivity index (χ2n) is 5.01. The maximum atomic E-state index is 10.0. The number of ether oxygens (including phenoxy) is 1. The van der Waals surface area contributed by atoms with Crippen LogP contribution in [0.4, 0.5) is 0 Å². The van der Waals surface area contributed by atoms with E-state index in [1.54, 1.807) is 18.4 Å². The summed E-state index contributed by atoms with van der Waals surface area (Å²) in [6.07, 6.45) is 0. The van der Waals surface area contributed by atoms with E-state index in [1.807, 2.05) is 35.7 Å². The summed E-state index contributed by atoms with van der Waals surface area (Å²) in [5.41, 5.74) is 2.22. The Morgan fingerprint density at radius 3 is 2.86 bits per heavy atom. The summed E-state index contributed by atoms with van der Waals surface area (Å²) in [6, 6.07) is 11.8. The molecule has 0 unspecified atom stereocenters. The third-order valence-corrected chi connectivity index (χ3v) is 5.14. The predicted molar refractivity (Wildman–Crippen MR) is 94.7 cm³/mol. The van der Waals surface area contributed by atoms with E-state index in [0.29, 0.717) is 12.3 Å². The molecule has 0 atom stereocenters. The predicted octanol–water partition coefficient (Wildman–Crippen LogP) is 4.67. The number of rotatable bonds is 5. The highest BCUT2D eigenvalue weighted by molar-refractivity contribution is 9.10. The smallest absolute Gasteiger partial charge is 0.124 e. The second-order valence-corrected chi connectivity index (χ2v) is 6.81. The van der Waals surface area contributed by atoms with E-state index in [0.717, 1.165) is 38.0 Å². The van der Waals surface area contributed by atoms with Crippen LogP contribution in [0.2, 0.25) is 0 Å². The van der Waals surface area contributed by atoms with Gasteiger partial charge in [0.2, 0.25) is 0 Å². The van der Waals surface area contributed by atoms with E-state index in [-0.39, 0.29) is 0 Å². The van der Waals surface area contributed by atoms with Crippen molar-refractivity contribution in [3.05, 3.63) is 57.4 Å². The number of hydrogen-bond acceptors (Lipinski definition) is 4. The Labute approximate surface area is 141 Å². The van der Waals surface area contributed by atoms with Gasteiger partial charge in [0.25, 0.3) is 0 Å². The lowest BCUT2D eigenvalue weighted by Crippen LogP contribution is -2.13. The van der Waals surface area contributed by atoms with Crippen molar-refractivity contribution in [3.8, 4) is 11.5 Å². The van der Waals surface area contributed by atoms with Crippen LogP contribution < -0.4 is 10.1 Å². The summed E-state index contributed by atoms with van der Waals surface area (Å²) in [5, 5.41) is 16.3. The van der Waals surface area contributed by atoms with E-state index in [9.17, 15) is 5.11 Å². The maximum absolute atomic E-state index is 10.0. The van der Waals surface area contributed by atoms with E-state index in [4.69, 9.17) is 4.74 Å². The van der Waals surface area contributed by atoms with Crippen LogP contribution in [0.1, 0.15) is 11.1 Å². The summed E-state index contributed by atoms with van der Waals surface area (Å²) >= 11 is 5.19. The van der Waals surface area contributed by atoms with Gasteiger partial charge in [-0.25, -0.2) is 0 Å². The zero-order chi connectivity index (χ0) is 15.5. The highest BCUT2D eigenvalue weighted by Crippen LogP contribution is 2.30. The van der Waals surface area contributed by atoms with Gasteiger partial charge < -0.3 is 15.2 Å². The molecular weight excluding hydrogens is 362 g/mol. The van der Waals surface area contributed by atoms with Gasteiger partial charge in [0.05, 0.1) is 7.11 Å². The van der Waals surface area contributed by atoms with E-state index < -0.39 is 0 Å². The molecule has 0 aliphatic rings. The fourth-order valence-electron chi connectivity index (χ4n) is 2.36. The van der Waals surface area contributed by atoms with Crippen LogP contribution in [0.5, 0.6) is 11.5 Å². The normalized spacial score (nSPS) is 11.0. The number of thiophene rings is 1. The number of phenolic OH excluding ortho intramolecular Hbond substituents is 1.